The van der Waals surface area contributed by atoms with E-state index in [9.17, 15) is 13.2 Å². The standard InChI is InChI=1S/C14H17F3N4/c1-13(4-6-19-7-5-13)9-20-12-10(8-18)2-3-11(21-12)14(15,16)17/h2-3,19H,4-7,9H2,1H3,(H,20,21). The molecule has 2 rings (SSSR count). The molecule has 0 amide bonds. The van der Waals surface area contributed by atoms with Crippen LogP contribution in [0.25, 0.3) is 0 Å². The zero-order valence-electron chi connectivity index (χ0n) is 11.7. The second-order valence-corrected chi connectivity index (χ2v) is 5.62. The summed E-state index contributed by atoms with van der Waals surface area (Å²) >= 11 is 0. The Bertz CT molecular complexity index is 542. The molecule has 0 unspecified atom stereocenters. The molecule has 2 N–H and O–H groups in total. The number of nitrogens with zero attached hydrogens (tertiary/aromatic N) is 2. The van der Waals surface area contributed by atoms with Gasteiger partial charge >= 0.3 is 6.18 Å². The topological polar surface area (TPSA) is 60.7 Å². The highest BCUT2D eigenvalue weighted by Gasteiger charge is 2.33. The van der Waals surface area contributed by atoms with Crippen molar-refractivity contribution >= 4 is 5.82 Å². The highest BCUT2D eigenvalue weighted by molar-refractivity contribution is 5.52. The van der Waals surface area contributed by atoms with Crippen LogP contribution in [0, 0.1) is 16.7 Å². The van der Waals surface area contributed by atoms with Crippen molar-refractivity contribution in [3.63, 3.8) is 0 Å². The summed E-state index contributed by atoms with van der Waals surface area (Å²) in [7, 11) is 0. The number of aromatic nitrogens is 1. The van der Waals surface area contributed by atoms with E-state index in [0.717, 1.165) is 38.1 Å². The van der Waals surface area contributed by atoms with Crippen molar-refractivity contribution in [1.82, 2.24) is 10.3 Å². The molecule has 1 aromatic rings. The molecule has 0 radical (unpaired) electrons. The number of hydrogen-bond acceptors (Lipinski definition) is 4. The molecule has 4 nitrogen and oxygen atoms in total. The van der Waals surface area contributed by atoms with E-state index in [0.29, 0.717) is 6.54 Å². The van der Waals surface area contributed by atoms with E-state index in [1.165, 1.54) is 0 Å². The van der Waals surface area contributed by atoms with Crippen LogP contribution in [0.15, 0.2) is 12.1 Å². The summed E-state index contributed by atoms with van der Waals surface area (Å²) in [5.74, 6) is 0.00656. The van der Waals surface area contributed by atoms with E-state index < -0.39 is 11.9 Å². The van der Waals surface area contributed by atoms with Gasteiger partial charge in [0.15, 0.2) is 0 Å². The molecule has 0 atom stereocenters. The lowest BCUT2D eigenvalue weighted by molar-refractivity contribution is -0.141. The Hall–Kier alpha value is -1.81. The number of pyridine rings is 1. The Morgan fingerprint density at radius 2 is 2.05 bits per heavy atom. The highest BCUT2D eigenvalue weighted by atomic mass is 19.4. The summed E-state index contributed by atoms with van der Waals surface area (Å²) in [6.45, 7) is 4.36. The fourth-order valence-electron chi connectivity index (χ4n) is 2.35. The van der Waals surface area contributed by atoms with Crippen LogP contribution >= 0.6 is 0 Å². The lowest BCUT2D eigenvalue weighted by Crippen LogP contribution is -2.39. The first kappa shape index (κ1) is 15.6. The van der Waals surface area contributed by atoms with Crippen molar-refractivity contribution in [2.75, 3.05) is 25.0 Å². The molecule has 0 aliphatic carbocycles. The van der Waals surface area contributed by atoms with Gasteiger partial charge in [-0.1, -0.05) is 6.92 Å². The van der Waals surface area contributed by atoms with E-state index in [1.807, 2.05) is 6.07 Å². The third-order valence-corrected chi connectivity index (χ3v) is 3.80. The molecule has 2 heterocycles. The number of nitrogens with one attached hydrogen (secondary N) is 2. The van der Waals surface area contributed by atoms with Crippen LogP contribution in [0.5, 0.6) is 0 Å². The van der Waals surface area contributed by atoms with Gasteiger partial charge in [-0.15, -0.1) is 0 Å². The molecule has 1 saturated heterocycles. The minimum Gasteiger partial charge on any atom is -0.368 e. The second kappa shape index (κ2) is 5.90. The van der Waals surface area contributed by atoms with Gasteiger partial charge in [0.05, 0.1) is 5.56 Å². The van der Waals surface area contributed by atoms with Gasteiger partial charge in [0.1, 0.15) is 17.6 Å². The van der Waals surface area contributed by atoms with Gasteiger partial charge in [-0.05, 0) is 43.5 Å². The molecule has 0 aromatic carbocycles. The summed E-state index contributed by atoms with van der Waals surface area (Å²) in [5, 5.41) is 15.2. The van der Waals surface area contributed by atoms with Gasteiger partial charge in [0.25, 0.3) is 0 Å². The van der Waals surface area contributed by atoms with Crippen LogP contribution in [0.2, 0.25) is 0 Å². The average molecular weight is 298 g/mol. The van der Waals surface area contributed by atoms with Crippen LogP contribution in [0.3, 0.4) is 0 Å². The first-order chi connectivity index (χ1) is 9.84. The fourth-order valence-corrected chi connectivity index (χ4v) is 2.35. The lowest BCUT2D eigenvalue weighted by atomic mass is 9.81. The summed E-state index contributed by atoms with van der Waals surface area (Å²) in [4.78, 5) is 3.56. The Balaban J connectivity index is 2.16. The minimum absolute atomic E-state index is 0.00606. The Kier molecular flexibility index (Phi) is 4.37. The Morgan fingerprint density at radius 3 is 2.62 bits per heavy atom. The van der Waals surface area contributed by atoms with Crippen LogP contribution < -0.4 is 10.6 Å². The van der Waals surface area contributed by atoms with Crippen molar-refractivity contribution in [2.45, 2.75) is 25.9 Å². The largest absolute Gasteiger partial charge is 0.433 e. The lowest BCUT2D eigenvalue weighted by Gasteiger charge is -2.34. The minimum atomic E-state index is -4.51. The molecule has 1 fully saturated rings. The van der Waals surface area contributed by atoms with Gasteiger partial charge in [-0.25, -0.2) is 4.98 Å². The normalized spacial score (nSPS) is 18.0. The monoisotopic (exact) mass is 298 g/mol. The quantitative estimate of drug-likeness (QED) is 0.901. The van der Waals surface area contributed by atoms with Crippen LogP contribution in [-0.2, 0) is 6.18 Å². The van der Waals surface area contributed by atoms with Crippen LogP contribution in [-0.4, -0.2) is 24.6 Å². The maximum atomic E-state index is 12.7. The zero-order chi connectivity index (χ0) is 15.5. The molecule has 1 aliphatic rings. The SMILES string of the molecule is CC1(CNc2nc(C(F)(F)F)ccc2C#N)CCNCC1. The predicted octanol–water partition coefficient (Wildman–Crippen LogP) is 2.77. The highest BCUT2D eigenvalue weighted by Crippen LogP contribution is 2.31. The van der Waals surface area contributed by atoms with Crippen molar-refractivity contribution in [3.05, 3.63) is 23.4 Å². The van der Waals surface area contributed by atoms with Crippen LogP contribution in [0.4, 0.5) is 19.0 Å². The molecular weight excluding hydrogens is 281 g/mol. The number of hydrogen-bond donors (Lipinski definition) is 2. The average Bonchev–Trinajstić information content (AvgIpc) is 2.44. The number of piperidine rings is 1. The van der Waals surface area contributed by atoms with E-state index in [2.05, 4.69) is 22.5 Å². The molecule has 114 valence electrons. The fraction of sp³-hybridized carbons (Fsp3) is 0.571. The van der Waals surface area contributed by atoms with Crippen molar-refractivity contribution < 1.29 is 13.2 Å². The maximum Gasteiger partial charge on any atom is 0.433 e. The van der Waals surface area contributed by atoms with Gasteiger partial charge in [0.2, 0.25) is 0 Å². The first-order valence-electron chi connectivity index (χ1n) is 6.77. The van der Waals surface area contributed by atoms with Crippen molar-refractivity contribution in [2.24, 2.45) is 5.41 Å². The molecule has 7 heteroatoms. The van der Waals surface area contributed by atoms with E-state index in [1.54, 1.807) is 0 Å². The van der Waals surface area contributed by atoms with E-state index in [4.69, 9.17) is 5.26 Å². The molecule has 0 bridgehead atoms. The number of anilines is 1. The summed E-state index contributed by atoms with van der Waals surface area (Å²) in [6.07, 6.45) is -2.65. The number of alkyl halides is 3. The third kappa shape index (κ3) is 3.85. The summed E-state index contributed by atoms with van der Waals surface area (Å²) in [6, 6.07) is 3.85. The Labute approximate surface area is 121 Å². The summed E-state index contributed by atoms with van der Waals surface area (Å²) in [5.41, 5.74) is -0.867. The Morgan fingerprint density at radius 1 is 1.38 bits per heavy atom. The van der Waals surface area contributed by atoms with E-state index in [-0.39, 0.29) is 16.8 Å². The first-order valence-corrected chi connectivity index (χ1v) is 6.77. The zero-order valence-corrected chi connectivity index (χ0v) is 11.7. The van der Waals surface area contributed by atoms with Crippen molar-refractivity contribution in [3.8, 4) is 6.07 Å². The van der Waals surface area contributed by atoms with Crippen LogP contribution in [0.1, 0.15) is 31.0 Å². The van der Waals surface area contributed by atoms with Gasteiger partial charge in [0, 0.05) is 6.54 Å². The summed E-state index contributed by atoms with van der Waals surface area (Å²) < 4.78 is 38.1. The third-order valence-electron chi connectivity index (χ3n) is 3.80. The van der Waals surface area contributed by atoms with Gasteiger partial charge in [-0.3, -0.25) is 0 Å². The number of nitriles is 1. The van der Waals surface area contributed by atoms with E-state index >= 15 is 0 Å². The molecular formula is C14H17F3N4. The van der Waals surface area contributed by atoms with Gasteiger partial charge < -0.3 is 10.6 Å². The molecule has 0 saturated carbocycles. The van der Waals surface area contributed by atoms with Gasteiger partial charge in [-0.2, -0.15) is 18.4 Å². The number of rotatable bonds is 3. The molecule has 0 spiro atoms. The van der Waals surface area contributed by atoms with Crippen molar-refractivity contribution in [1.29, 1.82) is 5.26 Å². The smallest absolute Gasteiger partial charge is 0.368 e. The molecule has 1 aliphatic heterocycles. The number of halogens is 3. The molecule has 21 heavy (non-hydrogen) atoms. The maximum absolute atomic E-state index is 12.7. The predicted molar refractivity (Wildman–Crippen MR) is 72.7 cm³/mol. The molecule has 1 aromatic heterocycles. The second-order valence-electron chi connectivity index (χ2n) is 5.62.